The van der Waals surface area contributed by atoms with Crippen LogP contribution in [0.3, 0.4) is 0 Å². The first-order valence-electron chi connectivity index (χ1n) is 6.99. The summed E-state index contributed by atoms with van der Waals surface area (Å²) in [5, 5.41) is 1.05. The van der Waals surface area contributed by atoms with Crippen molar-refractivity contribution in [3.8, 4) is 5.75 Å². The number of carbonyl (C=O) groups is 1. The van der Waals surface area contributed by atoms with Gasteiger partial charge in [-0.05, 0) is 35.7 Å². The lowest BCUT2D eigenvalue weighted by molar-refractivity contribution is -0.107. The Hall–Kier alpha value is -2.55. The molecule has 0 aliphatic rings. The molecule has 3 nitrogen and oxygen atoms in total. The van der Waals surface area contributed by atoms with E-state index in [9.17, 15) is 4.79 Å². The number of aromatic amines is 1. The lowest BCUT2D eigenvalue weighted by atomic mass is 10.1. The molecule has 0 amide bonds. The average Bonchev–Trinajstić information content (AvgIpc) is 2.88. The third-order valence-corrected chi connectivity index (χ3v) is 3.60. The van der Waals surface area contributed by atoms with Crippen LogP contribution in [-0.4, -0.2) is 11.3 Å². The van der Waals surface area contributed by atoms with Crippen LogP contribution < -0.4 is 4.74 Å². The van der Waals surface area contributed by atoms with E-state index < -0.39 is 0 Å². The van der Waals surface area contributed by atoms with Crippen molar-refractivity contribution in [2.24, 2.45) is 0 Å². The Balaban J connectivity index is 1.88. The second-order valence-corrected chi connectivity index (χ2v) is 5.12. The van der Waals surface area contributed by atoms with E-state index in [4.69, 9.17) is 4.74 Å². The monoisotopic (exact) mass is 279 g/mol. The van der Waals surface area contributed by atoms with Crippen molar-refractivity contribution in [1.29, 1.82) is 0 Å². The Kier molecular flexibility index (Phi) is 3.73. The third-order valence-electron chi connectivity index (χ3n) is 3.60. The molecule has 0 aliphatic heterocycles. The van der Waals surface area contributed by atoms with Crippen LogP contribution in [0.2, 0.25) is 0 Å². The molecule has 21 heavy (non-hydrogen) atoms. The van der Waals surface area contributed by atoms with Crippen LogP contribution in [0.4, 0.5) is 0 Å². The van der Waals surface area contributed by atoms with Crippen molar-refractivity contribution in [1.82, 2.24) is 4.98 Å². The molecule has 3 heteroatoms. The topological polar surface area (TPSA) is 42.1 Å². The van der Waals surface area contributed by atoms with Gasteiger partial charge in [0.05, 0.1) is 0 Å². The summed E-state index contributed by atoms with van der Waals surface area (Å²) >= 11 is 0. The SMILES string of the molecule is Cc1cc2[nH]cc(CC=O)c2cc1OCc1ccccc1. The average molecular weight is 279 g/mol. The van der Waals surface area contributed by atoms with Gasteiger partial charge in [-0.25, -0.2) is 0 Å². The van der Waals surface area contributed by atoms with E-state index in [0.717, 1.165) is 39.6 Å². The molecule has 1 heterocycles. The molecular formula is C18H17NO2. The highest BCUT2D eigenvalue weighted by atomic mass is 16.5. The van der Waals surface area contributed by atoms with Crippen molar-refractivity contribution >= 4 is 17.2 Å². The number of ether oxygens (including phenoxy) is 1. The molecule has 0 aliphatic carbocycles. The zero-order valence-electron chi connectivity index (χ0n) is 11.9. The molecule has 0 saturated heterocycles. The fraction of sp³-hybridized carbons (Fsp3) is 0.167. The maximum absolute atomic E-state index is 10.7. The van der Waals surface area contributed by atoms with Gasteiger partial charge in [-0.15, -0.1) is 0 Å². The van der Waals surface area contributed by atoms with Gasteiger partial charge in [-0.1, -0.05) is 30.3 Å². The summed E-state index contributed by atoms with van der Waals surface area (Å²) in [4.78, 5) is 13.9. The number of aromatic nitrogens is 1. The number of benzene rings is 2. The highest BCUT2D eigenvalue weighted by Crippen LogP contribution is 2.28. The molecule has 0 atom stereocenters. The smallest absolute Gasteiger partial charge is 0.124 e. The Morgan fingerprint density at radius 1 is 1.19 bits per heavy atom. The minimum atomic E-state index is 0.418. The van der Waals surface area contributed by atoms with E-state index in [1.54, 1.807) is 0 Å². The highest BCUT2D eigenvalue weighted by Gasteiger charge is 2.08. The quantitative estimate of drug-likeness (QED) is 0.722. The van der Waals surface area contributed by atoms with Crippen molar-refractivity contribution in [2.45, 2.75) is 20.0 Å². The summed E-state index contributed by atoms with van der Waals surface area (Å²) in [7, 11) is 0. The number of hydrogen-bond donors (Lipinski definition) is 1. The largest absolute Gasteiger partial charge is 0.489 e. The molecule has 0 saturated carbocycles. The van der Waals surface area contributed by atoms with E-state index in [2.05, 4.69) is 11.1 Å². The predicted molar refractivity (Wildman–Crippen MR) is 83.6 cm³/mol. The maximum Gasteiger partial charge on any atom is 0.124 e. The Morgan fingerprint density at radius 3 is 2.76 bits per heavy atom. The molecule has 0 unspecified atom stereocenters. The zero-order valence-corrected chi connectivity index (χ0v) is 11.9. The first kappa shape index (κ1) is 13.4. The lowest BCUT2D eigenvalue weighted by Gasteiger charge is -2.10. The van der Waals surface area contributed by atoms with Crippen LogP contribution in [0, 0.1) is 6.92 Å². The van der Waals surface area contributed by atoms with Gasteiger partial charge in [0, 0.05) is 23.5 Å². The van der Waals surface area contributed by atoms with E-state index in [0.29, 0.717) is 13.0 Å². The van der Waals surface area contributed by atoms with Gasteiger partial charge < -0.3 is 14.5 Å². The van der Waals surface area contributed by atoms with Gasteiger partial charge in [0.25, 0.3) is 0 Å². The molecule has 0 radical (unpaired) electrons. The Labute approximate surface area is 123 Å². The van der Waals surface area contributed by atoms with Crippen molar-refractivity contribution in [3.63, 3.8) is 0 Å². The van der Waals surface area contributed by atoms with Crippen LogP contribution in [0.25, 0.3) is 10.9 Å². The van der Waals surface area contributed by atoms with Crippen LogP contribution in [0.5, 0.6) is 5.75 Å². The normalized spacial score (nSPS) is 10.7. The summed E-state index contributed by atoms with van der Waals surface area (Å²) in [6.07, 6.45) is 3.23. The van der Waals surface area contributed by atoms with Gasteiger partial charge >= 0.3 is 0 Å². The highest BCUT2D eigenvalue weighted by molar-refractivity contribution is 5.87. The minimum Gasteiger partial charge on any atom is -0.489 e. The molecular weight excluding hydrogens is 262 g/mol. The van der Waals surface area contributed by atoms with E-state index in [1.165, 1.54) is 0 Å². The number of rotatable bonds is 5. The summed E-state index contributed by atoms with van der Waals surface area (Å²) in [6.45, 7) is 2.57. The summed E-state index contributed by atoms with van der Waals surface area (Å²) in [5.74, 6) is 0.859. The predicted octanol–water partition coefficient (Wildman–Crippen LogP) is 3.80. The summed E-state index contributed by atoms with van der Waals surface area (Å²) in [5.41, 5.74) is 4.26. The molecule has 1 N–H and O–H groups in total. The van der Waals surface area contributed by atoms with Gasteiger partial charge in [-0.3, -0.25) is 0 Å². The molecule has 0 bridgehead atoms. The van der Waals surface area contributed by atoms with Crippen molar-refractivity contribution in [2.75, 3.05) is 0 Å². The second-order valence-electron chi connectivity index (χ2n) is 5.12. The molecule has 0 spiro atoms. The molecule has 106 valence electrons. The summed E-state index contributed by atoms with van der Waals surface area (Å²) < 4.78 is 5.93. The second kappa shape index (κ2) is 5.83. The Bertz CT molecular complexity index is 759. The molecule has 3 rings (SSSR count). The number of nitrogens with one attached hydrogen (secondary N) is 1. The van der Waals surface area contributed by atoms with Crippen LogP contribution >= 0.6 is 0 Å². The van der Waals surface area contributed by atoms with Gasteiger partial charge in [-0.2, -0.15) is 0 Å². The molecule has 2 aromatic carbocycles. The minimum absolute atomic E-state index is 0.418. The maximum atomic E-state index is 10.7. The number of aldehydes is 1. The summed E-state index contributed by atoms with van der Waals surface area (Å²) in [6, 6.07) is 14.2. The fourth-order valence-corrected chi connectivity index (χ4v) is 2.47. The third kappa shape index (κ3) is 2.82. The van der Waals surface area contributed by atoms with Gasteiger partial charge in [0.15, 0.2) is 0 Å². The van der Waals surface area contributed by atoms with E-state index in [1.807, 2.05) is 49.5 Å². The fourth-order valence-electron chi connectivity index (χ4n) is 2.47. The van der Waals surface area contributed by atoms with Gasteiger partial charge in [0.1, 0.15) is 18.6 Å². The van der Waals surface area contributed by atoms with E-state index in [-0.39, 0.29) is 0 Å². The number of H-pyrrole nitrogens is 1. The number of aryl methyl sites for hydroxylation is 1. The van der Waals surface area contributed by atoms with Crippen molar-refractivity contribution < 1.29 is 9.53 Å². The van der Waals surface area contributed by atoms with Crippen LogP contribution in [0.1, 0.15) is 16.7 Å². The van der Waals surface area contributed by atoms with Crippen LogP contribution in [0.15, 0.2) is 48.7 Å². The number of carbonyl (C=O) groups excluding carboxylic acids is 1. The molecule has 1 aromatic heterocycles. The van der Waals surface area contributed by atoms with Gasteiger partial charge in [0.2, 0.25) is 0 Å². The Morgan fingerprint density at radius 2 is 2.00 bits per heavy atom. The molecule has 0 fully saturated rings. The first-order valence-corrected chi connectivity index (χ1v) is 6.99. The number of hydrogen-bond acceptors (Lipinski definition) is 2. The first-order chi connectivity index (χ1) is 10.3. The lowest BCUT2D eigenvalue weighted by Crippen LogP contribution is -1.97. The number of fused-ring (bicyclic) bond motifs is 1. The standard InChI is InChI=1S/C18H17NO2/c1-13-9-17-16(15(7-8-20)11-19-17)10-18(13)21-12-14-5-3-2-4-6-14/h2-6,8-11,19H,7,12H2,1H3. The zero-order chi connectivity index (χ0) is 14.7. The van der Waals surface area contributed by atoms with Crippen molar-refractivity contribution in [3.05, 3.63) is 65.4 Å². The van der Waals surface area contributed by atoms with E-state index >= 15 is 0 Å². The molecule has 3 aromatic rings. The van der Waals surface area contributed by atoms with Crippen LogP contribution in [-0.2, 0) is 17.8 Å².